The molecule has 1 saturated heterocycles. The minimum Gasteiger partial charge on any atom is -0.459 e. The van der Waals surface area contributed by atoms with Crippen molar-refractivity contribution in [2.75, 3.05) is 4.90 Å². The van der Waals surface area contributed by atoms with Gasteiger partial charge in [0.15, 0.2) is 5.11 Å². The number of rotatable bonds is 5. The predicted molar refractivity (Wildman–Crippen MR) is 138 cm³/mol. The quantitative estimate of drug-likeness (QED) is 0.308. The van der Waals surface area contributed by atoms with E-state index in [4.69, 9.17) is 28.2 Å². The first kappa shape index (κ1) is 21.7. The third-order valence-corrected chi connectivity index (χ3v) is 6.55. The number of furan rings is 1. The summed E-state index contributed by atoms with van der Waals surface area (Å²) in [6.07, 6.45) is 1.80. The van der Waals surface area contributed by atoms with E-state index in [1.165, 1.54) is 5.56 Å². The molecular formula is C27H24ClN3OS. The molecule has 4 aromatic rings. The highest BCUT2D eigenvalue weighted by Gasteiger charge is 2.42. The van der Waals surface area contributed by atoms with E-state index in [1.54, 1.807) is 6.20 Å². The van der Waals surface area contributed by atoms with E-state index in [9.17, 15) is 0 Å². The highest BCUT2D eigenvalue weighted by molar-refractivity contribution is 7.80. The van der Waals surface area contributed by atoms with E-state index in [-0.39, 0.29) is 12.1 Å². The molecule has 1 aliphatic rings. The zero-order chi connectivity index (χ0) is 22.9. The van der Waals surface area contributed by atoms with Crippen molar-refractivity contribution in [3.63, 3.8) is 0 Å². The van der Waals surface area contributed by atoms with Crippen LogP contribution in [0.25, 0.3) is 11.3 Å². The Kier molecular flexibility index (Phi) is 5.92. The van der Waals surface area contributed by atoms with Crippen molar-refractivity contribution in [3.05, 3.63) is 107 Å². The molecule has 166 valence electrons. The molecule has 0 amide bonds. The lowest BCUT2D eigenvalue weighted by atomic mass is 10.0. The summed E-state index contributed by atoms with van der Waals surface area (Å²) in [4.78, 5) is 6.73. The van der Waals surface area contributed by atoms with Crippen LogP contribution in [0.15, 0.2) is 89.5 Å². The van der Waals surface area contributed by atoms with Gasteiger partial charge in [-0.1, -0.05) is 43.6 Å². The summed E-state index contributed by atoms with van der Waals surface area (Å²) >= 11 is 11.9. The van der Waals surface area contributed by atoms with Crippen LogP contribution < -0.4 is 10.2 Å². The van der Waals surface area contributed by atoms with E-state index in [0.717, 1.165) is 28.5 Å². The second-order valence-corrected chi connectivity index (χ2v) is 9.27. The highest BCUT2D eigenvalue weighted by Crippen LogP contribution is 2.43. The predicted octanol–water partition coefficient (Wildman–Crippen LogP) is 7.30. The number of thiocarbonyl (C=S) groups is 1. The Labute approximate surface area is 204 Å². The van der Waals surface area contributed by atoms with Crippen molar-refractivity contribution in [3.8, 4) is 11.3 Å². The van der Waals surface area contributed by atoms with Gasteiger partial charge in [-0.15, -0.1) is 0 Å². The van der Waals surface area contributed by atoms with Crippen LogP contribution in [-0.2, 0) is 0 Å². The van der Waals surface area contributed by atoms with E-state index in [2.05, 4.69) is 53.3 Å². The van der Waals surface area contributed by atoms with Crippen LogP contribution in [0.1, 0.15) is 48.9 Å². The second-order valence-electron chi connectivity index (χ2n) is 8.45. The number of nitrogens with zero attached hydrogens (tertiary/aromatic N) is 2. The fraction of sp³-hybridized carbons (Fsp3) is 0.185. The van der Waals surface area contributed by atoms with Gasteiger partial charge in [-0.25, -0.2) is 0 Å². The topological polar surface area (TPSA) is 41.3 Å². The number of hydrogen-bond acceptors (Lipinski definition) is 3. The van der Waals surface area contributed by atoms with Crippen molar-refractivity contribution in [2.45, 2.75) is 31.8 Å². The molecule has 1 fully saturated rings. The Balaban J connectivity index is 1.57. The zero-order valence-corrected chi connectivity index (χ0v) is 20.0. The van der Waals surface area contributed by atoms with Crippen LogP contribution in [0, 0.1) is 0 Å². The molecule has 4 nitrogen and oxygen atoms in total. The molecule has 33 heavy (non-hydrogen) atoms. The molecule has 1 N–H and O–H groups in total. The number of halogens is 1. The summed E-state index contributed by atoms with van der Waals surface area (Å²) in [6.45, 7) is 4.39. The Hall–Kier alpha value is -3.15. The Morgan fingerprint density at radius 1 is 0.970 bits per heavy atom. The summed E-state index contributed by atoms with van der Waals surface area (Å²) in [6, 6.07) is 25.8. The maximum absolute atomic E-state index is 6.40. The molecule has 2 atom stereocenters. The molecule has 0 spiro atoms. The van der Waals surface area contributed by atoms with Crippen LogP contribution >= 0.6 is 23.8 Å². The highest BCUT2D eigenvalue weighted by atomic mass is 35.5. The van der Waals surface area contributed by atoms with Crippen molar-refractivity contribution < 1.29 is 4.42 Å². The third kappa shape index (κ3) is 4.26. The SMILES string of the molecule is CC(C)c1ccc(N2C(=S)N[C@@H](c3ccccn3)[C@H]2c2ccc(-c3ccc(Cl)cc3)o2)cc1. The molecule has 3 heterocycles. The molecule has 0 saturated carbocycles. The Morgan fingerprint density at radius 2 is 1.73 bits per heavy atom. The average molecular weight is 474 g/mol. The van der Waals surface area contributed by atoms with Gasteiger partial charge in [0, 0.05) is 22.5 Å². The molecule has 1 aliphatic heterocycles. The molecule has 0 aliphatic carbocycles. The zero-order valence-electron chi connectivity index (χ0n) is 18.4. The third-order valence-electron chi connectivity index (χ3n) is 5.98. The van der Waals surface area contributed by atoms with Crippen LogP contribution in [0.2, 0.25) is 5.02 Å². The maximum Gasteiger partial charge on any atom is 0.174 e. The molecule has 0 bridgehead atoms. The molecule has 0 radical (unpaired) electrons. The fourth-order valence-electron chi connectivity index (χ4n) is 4.22. The van der Waals surface area contributed by atoms with Gasteiger partial charge in [-0.05, 0) is 84.4 Å². The number of pyridine rings is 1. The van der Waals surface area contributed by atoms with Crippen molar-refractivity contribution in [1.29, 1.82) is 0 Å². The van der Waals surface area contributed by atoms with E-state index < -0.39 is 0 Å². The normalized spacial score (nSPS) is 18.1. The summed E-state index contributed by atoms with van der Waals surface area (Å²) < 4.78 is 6.40. The van der Waals surface area contributed by atoms with Gasteiger partial charge in [-0.2, -0.15) is 0 Å². The van der Waals surface area contributed by atoms with Crippen LogP contribution in [0.4, 0.5) is 5.69 Å². The molecule has 5 rings (SSSR count). The number of hydrogen-bond donors (Lipinski definition) is 1. The van der Waals surface area contributed by atoms with E-state index >= 15 is 0 Å². The molecule has 0 unspecified atom stereocenters. The van der Waals surface area contributed by atoms with Crippen molar-refractivity contribution in [2.24, 2.45) is 0 Å². The molecule has 2 aromatic carbocycles. The van der Waals surface area contributed by atoms with Crippen molar-refractivity contribution in [1.82, 2.24) is 10.3 Å². The van der Waals surface area contributed by atoms with Gasteiger partial charge in [0.2, 0.25) is 0 Å². The van der Waals surface area contributed by atoms with Crippen LogP contribution in [0.3, 0.4) is 0 Å². The molecule has 6 heteroatoms. The van der Waals surface area contributed by atoms with Crippen LogP contribution in [-0.4, -0.2) is 10.1 Å². The number of anilines is 1. The summed E-state index contributed by atoms with van der Waals surface area (Å²) in [5, 5.41) is 4.83. The smallest absolute Gasteiger partial charge is 0.174 e. The minimum absolute atomic E-state index is 0.146. The lowest BCUT2D eigenvalue weighted by Gasteiger charge is -2.26. The lowest BCUT2D eigenvalue weighted by molar-refractivity contribution is 0.439. The summed E-state index contributed by atoms with van der Waals surface area (Å²) in [7, 11) is 0. The summed E-state index contributed by atoms with van der Waals surface area (Å²) in [5.41, 5.74) is 4.19. The fourth-order valence-corrected chi connectivity index (χ4v) is 4.69. The van der Waals surface area contributed by atoms with Gasteiger partial charge in [0.25, 0.3) is 0 Å². The van der Waals surface area contributed by atoms with Gasteiger partial charge in [0.05, 0.1) is 11.7 Å². The maximum atomic E-state index is 6.40. The van der Waals surface area contributed by atoms with Gasteiger partial charge < -0.3 is 14.6 Å². The molecule has 2 aromatic heterocycles. The second kappa shape index (κ2) is 9.00. The van der Waals surface area contributed by atoms with E-state index in [1.807, 2.05) is 54.6 Å². The molecular weight excluding hydrogens is 450 g/mol. The number of nitrogens with one attached hydrogen (secondary N) is 1. The Morgan fingerprint density at radius 3 is 2.39 bits per heavy atom. The largest absolute Gasteiger partial charge is 0.459 e. The first-order valence-electron chi connectivity index (χ1n) is 11.0. The first-order chi connectivity index (χ1) is 16.0. The van der Waals surface area contributed by atoms with Gasteiger partial charge >= 0.3 is 0 Å². The van der Waals surface area contributed by atoms with E-state index in [0.29, 0.717) is 16.1 Å². The van der Waals surface area contributed by atoms with Gasteiger partial charge in [-0.3, -0.25) is 4.98 Å². The number of benzene rings is 2. The standard InChI is InChI=1S/C27H24ClN3OS/c1-17(2)18-8-12-21(13-9-18)31-26(25(30-27(31)33)22-5-3-4-16-29-22)24-15-14-23(32-24)19-6-10-20(28)11-7-19/h3-17,25-26H,1-2H3,(H,30,33)/t25-,26+/m0/s1. The average Bonchev–Trinajstić information content (AvgIpc) is 3.45. The van der Waals surface area contributed by atoms with Gasteiger partial charge in [0.1, 0.15) is 17.6 Å². The summed E-state index contributed by atoms with van der Waals surface area (Å²) in [5.74, 6) is 2.07. The lowest BCUT2D eigenvalue weighted by Crippen LogP contribution is -2.29. The van der Waals surface area contributed by atoms with Crippen molar-refractivity contribution >= 4 is 34.6 Å². The number of aromatic nitrogens is 1. The van der Waals surface area contributed by atoms with Crippen LogP contribution in [0.5, 0.6) is 0 Å². The minimum atomic E-state index is -0.182. The Bertz CT molecular complexity index is 1250. The first-order valence-corrected chi connectivity index (χ1v) is 11.8. The monoisotopic (exact) mass is 473 g/mol.